The minimum atomic E-state index is -0.328. The summed E-state index contributed by atoms with van der Waals surface area (Å²) in [7, 11) is 0. The first-order valence-corrected chi connectivity index (χ1v) is 5.74. The van der Waals surface area contributed by atoms with Crippen molar-refractivity contribution >= 4 is 17.4 Å². The van der Waals surface area contributed by atoms with Crippen molar-refractivity contribution in [2.75, 3.05) is 11.1 Å². The molecule has 0 saturated carbocycles. The van der Waals surface area contributed by atoms with Gasteiger partial charge in [0.25, 0.3) is 5.56 Å². The number of carbonyl (C=O) groups is 1. The van der Waals surface area contributed by atoms with Crippen LogP contribution in [0.5, 0.6) is 0 Å². The van der Waals surface area contributed by atoms with E-state index in [1.807, 2.05) is 13.0 Å². The van der Waals surface area contributed by atoms with Gasteiger partial charge in [-0.25, -0.2) is 4.98 Å². The van der Waals surface area contributed by atoms with Gasteiger partial charge in [0.05, 0.1) is 0 Å². The van der Waals surface area contributed by atoms with Gasteiger partial charge >= 0.3 is 0 Å². The summed E-state index contributed by atoms with van der Waals surface area (Å²) in [6.45, 7) is 1.73. The molecule has 0 aromatic carbocycles. The summed E-state index contributed by atoms with van der Waals surface area (Å²) in [6, 6.07) is 8.14. The zero-order chi connectivity index (χ0) is 13.8. The van der Waals surface area contributed by atoms with Crippen LogP contribution in [0.25, 0.3) is 0 Å². The van der Waals surface area contributed by atoms with Gasteiger partial charge in [-0.3, -0.25) is 9.59 Å². The van der Waals surface area contributed by atoms with Crippen LogP contribution in [0.4, 0.5) is 11.5 Å². The number of hydrogen-bond acceptors (Lipinski definition) is 4. The number of rotatable bonds is 3. The van der Waals surface area contributed by atoms with Crippen molar-refractivity contribution in [1.29, 1.82) is 0 Å². The Bertz CT molecular complexity index is 664. The van der Waals surface area contributed by atoms with Gasteiger partial charge in [0, 0.05) is 23.6 Å². The highest BCUT2D eigenvalue weighted by atomic mass is 16.2. The number of pyridine rings is 2. The van der Waals surface area contributed by atoms with Crippen molar-refractivity contribution in [2.24, 2.45) is 0 Å². The van der Waals surface area contributed by atoms with Crippen molar-refractivity contribution in [1.82, 2.24) is 9.55 Å². The summed E-state index contributed by atoms with van der Waals surface area (Å²) in [5.74, 6) is 0.132. The summed E-state index contributed by atoms with van der Waals surface area (Å²) in [6.07, 6.45) is 1.44. The highest BCUT2D eigenvalue weighted by Gasteiger charge is 2.06. The van der Waals surface area contributed by atoms with E-state index in [0.717, 1.165) is 5.69 Å². The van der Waals surface area contributed by atoms with Crippen molar-refractivity contribution < 1.29 is 4.79 Å². The van der Waals surface area contributed by atoms with Crippen LogP contribution in [-0.2, 0) is 11.3 Å². The van der Waals surface area contributed by atoms with E-state index in [1.165, 1.54) is 22.9 Å². The molecule has 0 aliphatic carbocycles. The molecule has 19 heavy (non-hydrogen) atoms. The van der Waals surface area contributed by atoms with E-state index >= 15 is 0 Å². The largest absolute Gasteiger partial charge is 0.398 e. The number of nitrogens with one attached hydrogen (secondary N) is 1. The molecular weight excluding hydrogens is 244 g/mol. The molecule has 0 spiro atoms. The van der Waals surface area contributed by atoms with E-state index < -0.39 is 0 Å². The van der Waals surface area contributed by atoms with E-state index in [0.29, 0.717) is 11.5 Å². The first-order valence-electron chi connectivity index (χ1n) is 5.74. The van der Waals surface area contributed by atoms with Crippen LogP contribution in [0.2, 0.25) is 0 Å². The number of nitrogens with two attached hydrogens (primary N) is 1. The molecule has 6 heteroatoms. The third-order valence-corrected chi connectivity index (χ3v) is 2.48. The molecule has 6 nitrogen and oxygen atoms in total. The molecular formula is C13H14N4O2. The summed E-state index contributed by atoms with van der Waals surface area (Å²) in [4.78, 5) is 27.5. The van der Waals surface area contributed by atoms with Gasteiger partial charge in [-0.1, -0.05) is 6.07 Å². The molecule has 0 aliphatic heterocycles. The second-order valence-corrected chi connectivity index (χ2v) is 4.14. The highest BCUT2D eigenvalue weighted by molar-refractivity contribution is 5.89. The van der Waals surface area contributed by atoms with Crippen LogP contribution in [0.15, 0.2) is 41.3 Å². The number of aromatic nitrogens is 2. The van der Waals surface area contributed by atoms with E-state index in [9.17, 15) is 9.59 Å². The lowest BCUT2D eigenvalue weighted by Gasteiger charge is -2.07. The number of hydrogen-bond donors (Lipinski definition) is 2. The number of amides is 1. The predicted molar refractivity (Wildman–Crippen MR) is 72.7 cm³/mol. The van der Waals surface area contributed by atoms with Crippen molar-refractivity contribution in [3.8, 4) is 0 Å². The van der Waals surface area contributed by atoms with Crippen molar-refractivity contribution in [3.63, 3.8) is 0 Å². The maximum atomic E-state index is 11.8. The molecule has 0 fully saturated rings. The molecule has 0 atom stereocenters. The molecule has 1 amide bonds. The van der Waals surface area contributed by atoms with Crippen LogP contribution >= 0.6 is 0 Å². The average Bonchev–Trinajstić information content (AvgIpc) is 2.34. The number of anilines is 2. The van der Waals surface area contributed by atoms with Crippen molar-refractivity contribution in [2.45, 2.75) is 13.5 Å². The number of nitrogens with zero attached hydrogens (tertiary/aromatic N) is 2. The molecule has 2 rings (SSSR count). The smallest absolute Gasteiger partial charge is 0.251 e. The topological polar surface area (TPSA) is 90.0 Å². The van der Waals surface area contributed by atoms with Crippen LogP contribution in [0, 0.1) is 6.92 Å². The Morgan fingerprint density at radius 1 is 1.37 bits per heavy atom. The van der Waals surface area contributed by atoms with Gasteiger partial charge < -0.3 is 15.6 Å². The molecule has 2 aromatic heterocycles. The number of carbonyl (C=O) groups excluding carboxylic acids is 1. The van der Waals surface area contributed by atoms with Crippen molar-refractivity contribution in [3.05, 3.63) is 52.6 Å². The van der Waals surface area contributed by atoms with Crippen LogP contribution in [-0.4, -0.2) is 15.5 Å². The van der Waals surface area contributed by atoms with Gasteiger partial charge in [-0.15, -0.1) is 0 Å². The zero-order valence-electron chi connectivity index (χ0n) is 10.5. The van der Waals surface area contributed by atoms with E-state index in [4.69, 9.17) is 5.73 Å². The summed E-state index contributed by atoms with van der Waals surface area (Å²) in [5.41, 5.74) is 6.53. The van der Waals surface area contributed by atoms with Gasteiger partial charge in [0.1, 0.15) is 12.4 Å². The Morgan fingerprint density at radius 3 is 2.89 bits per heavy atom. The average molecular weight is 258 g/mol. The molecule has 0 radical (unpaired) electrons. The standard InChI is InChI=1S/C13H14N4O2/c1-9-3-2-4-11(15-9)16-12(18)8-17-7-10(14)5-6-13(17)19/h2-7H,8,14H2,1H3,(H,15,16,18). The van der Waals surface area contributed by atoms with Crippen LogP contribution in [0.1, 0.15) is 5.69 Å². The number of aryl methyl sites for hydroxylation is 1. The quantitative estimate of drug-likeness (QED) is 0.851. The second-order valence-electron chi connectivity index (χ2n) is 4.14. The SMILES string of the molecule is Cc1cccc(NC(=O)Cn2cc(N)ccc2=O)n1. The molecule has 98 valence electrons. The Labute approximate surface area is 109 Å². The fourth-order valence-corrected chi connectivity index (χ4v) is 1.62. The van der Waals surface area contributed by atoms with Gasteiger partial charge in [0.15, 0.2) is 0 Å². The first kappa shape index (κ1) is 12.8. The van der Waals surface area contributed by atoms with Gasteiger partial charge in [-0.05, 0) is 25.1 Å². The molecule has 0 unspecified atom stereocenters. The predicted octanol–water partition coefficient (Wildman–Crippen LogP) is 0.773. The summed E-state index contributed by atoms with van der Waals surface area (Å²) >= 11 is 0. The third-order valence-electron chi connectivity index (χ3n) is 2.48. The molecule has 0 aliphatic rings. The van der Waals surface area contributed by atoms with Gasteiger partial charge in [0.2, 0.25) is 5.91 Å². The number of nitrogen functional groups attached to an aromatic ring is 1. The van der Waals surface area contributed by atoms with E-state index in [1.54, 1.807) is 12.1 Å². The minimum absolute atomic E-state index is 0.0977. The fraction of sp³-hybridized carbons (Fsp3) is 0.154. The maximum absolute atomic E-state index is 11.8. The van der Waals surface area contributed by atoms with Crippen LogP contribution < -0.4 is 16.6 Å². The third kappa shape index (κ3) is 3.41. The lowest BCUT2D eigenvalue weighted by atomic mass is 10.3. The van der Waals surface area contributed by atoms with Crippen LogP contribution in [0.3, 0.4) is 0 Å². The fourth-order valence-electron chi connectivity index (χ4n) is 1.62. The van der Waals surface area contributed by atoms with E-state index in [-0.39, 0.29) is 18.0 Å². The van der Waals surface area contributed by atoms with E-state index in [2.05, 4.69) is 10.3 Å². The minimum Gasteiger partial charge on any atom is -0.398 e. The molecule has 2 aromatic rings. The molecule has 3 N–H and O–H groups in total. The summed E-state index contributed by atoms with van der Waals surface area (Å²) in [5, 5.41) is 2.63. The zero-order valence-corrected chi connectivity index (χ0v) is 10.5. The molecule has 0 bridgehead atoms. The second kappa shape index (κ2) is 5.34. The monoisotopic (exact) mass is 258 g/mol. The molecule has 0 saturated heterocycles. The normalized spacial score (nSPS) is 10.2. The van der Waals surface area contributed by atoms with Gasteiger partial charge in [-0.2, -0.15) is 0 Å². The lowest BCUT2D eigenvalue weighted by molar-refractivity contribution is -0.116. The summed E-state index contributed by atoms with van der Waals surface area (Å²) < 4.78 is 1.25. The Morgan fingerprint density at radius 2 is 2.16 bits per heavy atom. The lowest BCUT2D eigenvalue weighted by Crippen LogP contribution is -2.27. The maximum Gasteiger partial charge on any atom is 0.251 e. The molecule has 2 heterocycles. The Kier molecular flexibility index (Phi) is 3.61. The Balaban J connectivity index is 2.09. The first-order chi connectivity index (χ1) is 9.04. The Hall–Kier alpha value is -2.63. The highest BCUT2D eigenvalue weighted by Crippen LogP contribution is 2.04.